The van der Waals surface area contributed by atoms with E-state index in [4.69, 9.17) is 10.5 Å². The summed E-state index contributed by atoms with van der Waals surface area (Å²) in [5.74, 6) is 0. The molecule has 1 aromatic carbocycles. The Morgan fingerprint density at radius 1 is 1.27 bits per heavy atom. The summed E-state index contributed by atoms with van der Waals surface area (Å²) in [6, 6.07) is 7.95. The van der Waals surface area contributed by atoms with Gasteiger partial charge in [0.25, 0.3) is 0 Å². The maximum Gasteiger partial charge on any atom is 0.0994 e. The second-order valence-corrected chi connectivity index (χ2v) is 4.10. The van der Waals surface area contributed by atoms with Gasteiger partial charge in [0.2, 0.25) is 0 Å². The fraction of sp³-hybridized carbons (Fsp3) is 0.333. The zero-order valence-corrected chi connectivity index (χ0v) is 10.1. The Kier molecular flexibility index (Phi) is 4.34. The van der Waals surface area contributed by atoms with Crippen molar-refractivity contribution >= 4 is 15.9 Å². The minimum atomic E-state index is 0.353. The number of benzene rings is 1. The summed E-state index contributed by atoms with van der Waals surface area (Å²) >= 11 is 3.42. The third-order valence-electron chi connectivity index (χ3n) is 2.25. The van der Waals surface area contributed by atoms with Crippen LogP contribution in [-0.2, 0) is 12.8 Å². The molecule has 0 aliphatic carbocycles. The lowest BCUT2D eigenvalue weighted by Crippen LogP contribution is -1.98. The molecule has 0 atom stereocenters. The van der Waals surface area contributed by atoms with Crippen molar-refractivity contribution in [3.63, 3.8) is 0 Å². The molecule has 3 heteroatoms. The van der Waals surface area contributed by atoms with Crippen molar-refractivity contribution in [3.05, 3.63) is 33.3 Å². The van der Waals surface area contributed by atoms with E-state index in [0.29, 0.717) is 12.0 Å². The van der Waals surface area contributed by atoms with Crippen LogP contribution in [0.25, 0.3) is 0 Å². The van der Waals surface area contributed by atoms with Crippen LogP contribution in [0, 0.1) is 22.7 Å². The molecule has 0 saturated heterocycles. The van der Waals surface area contributed by atoms with E-state index in [-0.39, 0.29) is 0 Å². The molecule has 0 N–H and O–H groups in total. The summed E-state index contributed by atoms with van der Waals surface area (Å²) < 4.78 is 0.923. The molecule has 0 bridgehead atoms. The molecule has 0 aliphatic heterocycles. The molecule has 0 spiro atoms. The van der Waals surface area contributed by atoms with Gasteiger partial charge in [-0.05, 0) is 29.7 Å². The van der Waals surface area contributed by atoms with E-state index in [1.54, 1.807) is 6.07 Å². The van der Waals surface area contributed by atoms with Crippen molar-refractivity contribution in [2.45, 2.75) is 26.2 Å². The van der Waals surface area contributed by atoms with E-state index in [2.05, 4.69) is 35.0 Å². The maximum atomic E-state index is 8.98. The molecule has 15 heavy (non-hydrogen) atoms. The van der Waals surface area contributed by atoms with Crippen molar-refractivity contribution in [1.29, 1.82) is 10.5 Å². The molecule has 1 aromatic rings. The van der Waals surface area contributed by atoms with Gasteiger partial charge in [0.05, 0.1) is 24.1 Å². The highest BCUT2D eigenvalue weighted by atomic mass is 79.9. The number of rotatable bonds is 3. The van der Waals surface area contributed by atoms with Crippen molar-refractivity contribution in [3.8, 4) is 12.1 Å². The zero-order chi connectivity index (χ0) is 11.3. The molecule has 0 unspecified atom stereocenters. The molecule has 0 fully saturated rings. The standard InChI is InChI=1S/C12H11BrN2/c1-2-3-10-9(8-15)4-5-12(13)11(10)6-7-14/h4-5H,2-3,6H2,1H3. The predicted octanol–water partition coefficient (Wildman–Crippen LogP) is 3.34. The third kappa shape index (κ3) is 2.58. The second kappa shape index (κ2) is 5.53. The number of hydrogen-bond donors (Lipinski definition) is 0. The SMILES string of the molecule is CCCc1c(C#N)ccc(Br)c1CC#N. The Morgan fingerprint density at radius 3 is 2.53 bits per heavy atom. The zero-order valence-electron chi connectivity index (χ0n) is 8.55. The van der Waals surface area contributed by atoms with Crippen molar-refractivity contribution in [2.24, 2.45) is 0 Å². The summed E-state index contributed by atoms with van der Waals surface area (Å²) in [6.07, 6.45) is 2.17. The maximum absolute atomic E-state index is 8.98. The average molecular weight is 263 g/mol. The van der Waals surface area contributed by atoms with E-state index in [1.807, 2.05) is 6.07 Å². The molecule has 0 amide bonds. The van der Waals surface area contributed by atoms with E-state index in [0.717, 1.165) is 28.4 Å². The Bertz CT molecular complexity index is 438. The van der Waals surface area contributed by atoms with Crippen LogP contribution in [0.5, 0.6) is 0 Å². The highest BCUT2D eigenvalue weighted by Gasteiger charge is 2.10. The number of halogens is 1. The van der Waals surface area contributed by atoms with Gasteiger partial charge in [0.15, 0.2) is 0 Å². The normalized spacial score (nSPS) is 9.33. The molecule has 1 rings (SSSR count). The first-order valence-electron chi connectivity index (χ1n) is 4.81. The Morgan fingerprint density at radius 2 is 2.00 bits per heavy atom. The van der Waals surface area contributed by atoms with Gasteiger partial charge in [-0.1, -0.05) is 29.3 Å². The highest BCUT2D eigenvalue weighted by molar-refractivity contribution is 9.10. The molecular formula is C12H11BrN2. The van der Waals surface area contributed by atoms with Crippen molar-refractivity contribution in [2.75, 3.05) is 0 Å². The van der Waals surface area contributed by atoms with Crippen molar-refractivity contribution < 1.29 is 0 Å². The predicted molar refractivity (Wildman–Crippen MR) is 62.2 cm³/mol. The lowest BCUT2D eigenvalue weighted by Gasteiger charge is -2.09. The quantitative estimate of drug-likeness (QED) is 0.839. The summed E-state index contributed by atoms with van der Waals surface area (Å²) in [5.41, 5.74) is 2.65. The first-order chi connectivity index (χ1) is 7.24. The molecule has 0 aliphatic rings. The smallest absolute Gasteiger partial charge is 0.0994 e. The fourth-order valence-electron chi connectivity index (χ4n) is 1.57. The van der Waals surface area contributed by atoms with Gasteiger partial charge in [-0.25, -0.2) is 0 Å². The third-order valence-corrected chi connectivity index (χ3v) is 2.99. The average Bonchev–Trinajstić information content (AvgIpc) is 2.24. The van der Waals surface area contributed by atoms with Crippen LogP contribution in [0.2, 0.25) is 0 Å². The lowest BCUT2D eigenvalue weighted by atomic mass is 9.96. The summed E-state index contributed by atoms with van der Waals surface area (Å²) in [4.78, 5) is 0. The van der Waals surface area contributed by atoms with Gasteiger partial charge in [-0.3, -0.25) is 0 Å². The van der Waals surface area contributed by atoms with Gasteiger partial charge < -0.3 is 0 Å². The first kappa shape index (κ1) is 11.8. The number of nitriles is 2. The largest absolute Gasteiger partial charge is 0.198 e. The van der Waals surface area contributed by atoms with Crippen LogP contribution < -0.4 is 0 Å². The van der Waals surface area contributed by atoms with Gasteiger partial charge in [-0.2, -0.15) is 10.5 Å². The topological polar surface area (TPSA) is 47.6 Å². The van der Waals surface area contributed by atoms with Crippen LogP contribution in [0.1, 0.15) is 30.0 Å². The summed E-state index contributed by atoms with van der Waals surface area (Å²) in [6.45, 7) is 2.07. The minimum absolute atomic E-state index is 0.353. The molecule has 0 aromatic heterocycles. The molecule has 0 heterocycles. The van der Waals surface area contributed by atoms with Crippen LogP contribution >= 0.6 is 15.9 Å². The Labute approximate surface area is 98.3 Å². The minimum Gasteiger partial charge on any atom is -0.198 e. The van der Waals surface area contributed by atoms with Gasteiger partial charge in [0, 0.05) is 4.47 Å². The van der Waals surface area contributed by atoms with Crippen LogP contribution in [0.3, 0.4) is 0 Å². The molecule has 0 radical (unpaired) electrons. The van der Waals surface area contributed by atoms with E-state index >= 15 is 0 Å². The number of hydrogen-bond acceptors (Lipinski definition) is 2. The first-order valence-corrected chi connectivity index (χ1v) is 5.61. The monoisotopic (exact) mass is 262 g/mol. The highest BCUT2D eigenvalue weighted by Crippen LogP contribution is 2.25. The number of nitrogens with zero attached hydrogens (tertiary/aromatic N) is 2. The van der Waals surface area contributed by atoms with Gasteiger partial charge >= 0.3 is 0 Å². The van der Waals surface area contributed by atoms with E-state index in [1.165, 1.54) is 0 Å². The fourth-order valence-corrected chi connectivity index (χ4v) is 2.09. The Balaban J connectivity index is 3.32. The summed E-state index contributed by atoms with van der Waals surface area (Å²) in [5, 5.41) is 17.7. The second-order valence-electron chi connectivity index (χ2n) is 3.25. The summed E-state index contributed by atoms with van der Waals surface area (Å²) in [7, 11) is 0. The van der Waals surface area contributed by atoms with Gasteiger partial charge in [-0.15, -0.1) is 0 Å². The van der Waals surface area contributed by atoms with E-state index < -0.39 is 0 Å². The van der Waals surface area contributed by atoms with E-state index in [9.17, 15) is 0 Å². The Hall–Kier alpha value is -1.32. The van der Waals surface area contributed by atoms with Crippen molar-refractivity contribution in [1.82, 2.24) is 0 Å². The lowest BCUT2D eigenvalue weighted by molar-refractivity contribution is 0.901. The molecule has 2 nitrogen and oxygen atoms in total. The van der Waals surface area contributed by atoms with Gasteiger partial charge in [0.1, 0.15) is 0 Å². The van der Waals surface area contributed by atoms with Crippen LogP contribution in [0.4, 0.5) is 0 Å². The van der Waals surface area contributed by atoms with Crippen LogP contribution in [0.15, 0.2) is 16.6 Å². The molecule has 76 valence electrons. The van der Waals surface area contributed by atoms with Crippen LogP contribution in [-0.4, -0.2) is 0 Å². The molecule has 0 saturated carbocycles. The molecular weight excluding hydrogens is 252 g/mol.